The molecule has 0 bridgehead atoms. The third-order valence-corrected chi connectivity index (χ3v) is 3.49. The molecule has 3 rings (SSSR count). The van der Waals surface area contributed by atoms with E-state index < -0.39 is 0 Å². The normalized spacial score (nSPS) is 10.6. The summed E-state index contributed by atoms with van der Waals surface area (Å²) in [5, 5.41) is 2.24. The Hall–Kier alpha value is -2.58. The van der Waals surface area contributed by atoms with E-state index in [0.717, 1.165) is 18.8 Å². The van der Waals surface area contributed by atoms with Gasteiger partial charge in [0.1, 0.15) is 0 Å². The second-order valence-corrected chi connectivity index (χ2v) is 5.31. The van der Waals surface area contributed by atoms with E-state index in [2.05, 4.69) is 83.2 Å². The summed E-state index contributed by atoms with van der Waals surface area (Å²) in [6, 6.07) is 31.4. The van der Waals surface area contributed by atoms with Crippen LogP contribution >= 0.6 is 0 Å². The van der Waals surface area contributed by atoms with Crippen molar-refractivity contribution in [3.63, 3.8) is 0 Å². The smallest absolute Gasteiger partial charge is 0.0490 e. The van der Waals surface area contributed by atoms with Crippen molar-refractivity contribution in [3.8, 4) is 0 Å². The number of hydrazine groups is 1. The molecular weight excluding hydrogens is 268 g/mol. The van der Waals surface area contributed by atoms with E-state index >= 15 is 0 Å². The van der Waals surface area contributed by atoms with Crippen LogP contribution in [-0.4, -0.2) is 5.01 Å². The first kappa shape index (κ1) is 14.4. The Balaban J connectivity index is 1.75. The van der Waals surface area contributed by atoms with Gasteiger partial charge >= 0.3 is 0 Å². The van der Waals surface area contributed by atoms with E-state index in [1.54, 1.807) is 0 Å². The van der Waals surface area contributed by atoms with E-state index in [1.807, 2.05) is 18.2 Å². The zero-order chi connectivity index (χ0) is 15.0. The van der Waals surface area contributed by atoms with Gasteiger partial charge in [-0.25, -0.2) is 5.01 Å². The Morgan fingerprint density at radius 3 is 1.41 bits per heavy atom. The van der Waals surface area contributed by atoms with E-state index in [9.17, 15) is 0 Å². The lowest BCUT2D eigenvalue weighted by Crippen LogP contribution is -2.28. The van der Waals surface area contributed by atoms with E-state index in [-0.39, 0.29) is 0 Å². The van der Waals surface area contributed by atoms with Crippen LogP contribution in [0.2, 0.25) is 0 Å². The topological polar surface area (TPSA) is 15.3 Å². The minimum absolute atomic E-state index is 0.852. The Kier molecular flexibility index (Phi) is 4.85. The van der Waals surface area contributed by atoms with Crippen LogP contribution in [0.4, 0.5) is 5.69 Å². The molecular formula is C20H20N2. The molecule has 0 radical (unpaired) electrons. The van der Waals surface area contributed by atoms with Gasteiger partial charge in [0.2, 0.25) is 0 Å². The van der Waals surface area contributed by atoms with Gasteiger partial charge in [0.15, 0.2) is 0 Å². The average Bonchev–Trinajstić information content (AvgIpc) is 2.57. The summed E-state index contributed by atoms with van der Waals surface area (Å²) in [4.78, 5) is 0. The molecule has 3 aromatic carbocycles. The molecule has 0 amide bonds. The van der Waals surface area contributed by atoms with Crippen LogP contribution in [0.1, 0.15) is 11.1 Å². The number of hydrogen-bond donors (Lipinski definition) is 1. The van der Waals surface area contributed by atoms with Crippen LogP contribution in [0, 0.1) is 0 Å². The molecule has 0 aliphatic rings. The summed E-state index contributed by atoms with van der Waals surface area (Å²) >= 11 is 0. The van der Waals surface area contributed by atoms with Crippen LogP contribution in [0.15, 0.2) is 91.0 Å². The highest BCUT2D eigenvalue weighted by molar-refractivity contribution is 5.41. The van der Waals surface area contributed by atoms with Gasteiger partial charge in [-0.15, -0.1) is 0 Å². The number of para-hydroxylation sites is 1. The third-order valence-electron chi connectivity index (χ3n) is 3.49. The molecule has 0 heterocycles. The lowest BCUT2D eigenvalue weighted by Gasteiger charge is -2.24. The number of benzene rings is 3. The highest BCUT2D eigenvalue weighted by Gasteiger charge is 2.07. The van der Waals surface area contributed by atoms with Crippen molar-refractivity contribution in [1.29, 1.82) is 0 Å². The fraction of sp³-hybridized carbons (Fsp3) is 0.100. The van der Waals surface area contributed by atoms with Crippen molar-refractivity contribution in [3.05, 3.63) is 102 Å². The first-order valence-corrected chi connectivity index (χ1v) is 7.55. The molecule has 22 heavy (non-hydrogen) atoms. The SMILES string of the molecule is c1ccc(CN(Cc2ccccc2)Nc2ccccc2)cc1. The van der Waals surface area contributed by atoms with Gasteiger partial charge in [-0.1, -0.05) is 78.9 Å². The molecule has 0 saturated carbocycles. The number of rotatable bonds is 6. The van der Waals surface area contributed by atoms with E-state index in [1.165, 1.54) is 11.1 Å². The molecule has 2 nitrogen and oxygen atoms in total. The maximum atomic E-state index is 3.51. The van der Waals surface area contributed by atoms with E-state index in [0.29, 0.717) is 0 Å². The molecule has 0 saturated heterocycles. The first-order valence-electron chi connectivity index (χ1n) is 7.55. The minimum atomic E-state index is 0.852. The van der Waals surface area contributed by atoms with Gasteiger partial charge < -0.3 is 5.43 Å². The Morgan fingerprint density at radius 1 is 0.545 bits per heavy atom. The summed E-state index contributed by atoms with van der Waals surface area (Å²) in [5.41, 5.74) is 7.20. The number of anilines is 1. The van der Waals surface area contributed by atoms with E-state index in [4.69, 9.17) is 0 Å². The molecule has 1 N–H and O–H groups in total. The fourth-order valence-corrected chi connectivity index (χ4v) is 2.44. The first-order chi connectivity index (χ1) is 10.9. The second-order valence-electron chi connectivity index (χ2n) is 5.31. The molecule has 2 heteroatoms. The number of hydrogen-bond acceptors (Lipinski definition) is 2. The standard InChI is InChI=1S/C20H20N2/c1-4-10-18(11-5-1)16-22(17-19-12-6-2-7-13-19)21-20-14-8-3-9-15-20/h1-15,21H,16-17H2. The van der Waals surface area contributed by atoms with Crippen molar-refractivity contribution in [2.45, 2.75) is 13.1 Å². The molecule has 0 aliphatic carbocycles. The van der Waals surface area contributed by atoms with Crippen LogP contribution in [0.3, 0.4) is 0 Å². The molecule has 0 spiro atoms. The van der Waals surface area contributed by atoms with Crippen LogP contribution in [0.25, 0.3) is 0 Å². The maximum Gasteiger partial charge on any atom is 0.0490 e. The lowest BCUT2D eigenvalue weighted by molar-refractivity contribution is 0.314. The van der Waals surface area contributed by atoms with Gasteiger partial charge in [0.05, 0.1) is 0 Å². The highest BCUT2D eigenvalue weighted by atomic mass is 15.5. The van der Waals surface area contributed by atoms with Gasteiger partial charge in [-0.2, -0.15) is 0 Å². The summed E-state index contributed by atoms with van der Waals surface area (Å²) in [6.07, 6.45) is 0. The monoisotopic (exact) mass is 288 g/mol. The quantitative estimate of drug-likeness (QED) is 0.660. The zero-order valence-corrected chi connectivity index (χ0v) is 12.5. The second kappa shape index (κ2) is 7.43. The summed E-state index contributed by atoms with van der Waals surface area (Å²) in [6.45, 7) is 1.70. The molecule has 0 aromatic heterocycles. The molecule has 3 aromatic rings. The fourth-order valence-electron chi connectivity index (χ4n) is 2.44. The Labute approximate surface area is 132 Å². The average molecular weight is 288 g/mol. The lowest BCUT2D eigenvalue weighted by atomic mass is 10.2. The molecule has 0 fully saturated rings. The summed E-state index contributed by atoms with van der Waals surface area (Å²) < 4.78 is 0. The molecule has 0 unspecified atom stereocenters. The van der Waals surface area contributed by atoms with Crippen molar-refractivity contribution in [1.82, 2.24) is 5.01 Å². The minimum Gasteiger partial charge on any atom is -0.318 e. The molecule has 110 valence electrons. The van der Waals surface area contributed by atoms with Gasteiger partial charge in [0.25, 0.3) is 0 Å². The largest absolute Gasteiger partial charge is 0.318 e. The van der Waals surface area contributed by atoms with Crippen LogP contribution in [-0.2, 0) is 13.1 Å². The van der Waals surface area contributed by atoms with Crippen LogP contribution < -0.4 is 5.43 Å². The Morgan fingerprint density at radius 2 is 0.955 bits per heavy atom. The third kappa shape index (κ3) is 4.21. The zero-order valence-electron chi connectivity index (χ0n) is 12.5. The van der Waals surface area contributed by atoms with Gasteiger partial charge in [0, 0.05) is 18.8 Å². The number of nitrogens with one attached hydrogen (secondary N) is 1. The Bertz CT molecular complexity index is 567. The molecule has 0 atom stereocenters. The van der Waals surface area contributed by atoms with Crippen molar-refractivity contribution in [2.75, 3.05) is 5.43 Å². The summed E-state index contributed by atoms with van der Waals surface area (Å²) in [7, 11) is 0. The van der Waals surface area contributed by atoms with Crippen molar-refractivity contribution >= 4 is 5.69 Å². The predicted molar refractivity (Wildman–Crippen MR) is 92.2 cm³/mol. The maximum absolute atomic E-state index is 3.51. The number of nitrogens with zero attached hydrogens (tertiary/aromatic N) is 1. The van der Waals surface area contributed by atoms with Gasteiger partial charge in [-0.05, 0) is 23.3 Å². The highest BCUT2D eigenvalue weighted by Crippen LogP contribution is 2.13. The summed E-state index contributed by atoms with van der Waals surface area (Å²) in [5.74, 6) is 0. The van der Waals surface area contributed by atoms with Gasteiger partial charge in [-0.3, -0.25) is 0 Å². The van der Waals surface area contributed by atoms with Crippen LogP contribution in [0.5, 0.6) is 0 Å². The predicted octanol–water partition coefficient (Wildman–Crippen LogP) is 4.72. The molecule has 0 aliphatic heterocycles. The van der Waals surface area contributed by atoms with Crippen molar-refractivity contribution in [2.24, 2.45) is 0 Å². The van der Waals surface area contributed by atoms with Crippen molar-refractivity contribution < 1.29 is 0 Å².